The van der Waals surface area contributed by atoms with Crippen molar-refractivity contribution in [3.63, 3.8) is 0 Å². The Hall–Kier alpha value is -3.99. The minimum absolute atomic E-state index is 0.0583. The lowest BCUT2D eigenvalue weighted by atomic mass is 9.95. The Labute approximate surface area is 259 Å². The van der Waals surface area contributed by atoms with Gasteiger partial charge in [0.15, 0.2) is 0 Å². The zero-order chi connectivity index (χ0) is 29.7. The molecular formula is C32H26BrClFN5O3. The van der Waals surface area contributed by atoms with E-state index >= 15 is 4.39 Å². The summed E-state index contributed by atoms with van der Waals surface area (Å²) >= 11 is 10.2. The molecule has 1 atom stereocenters. The van der Waals surface area contributed by atoms with Crippen LogP contribution in [0.15, 0.2) is 65.4 Å². The number of nitrogen functional groups attached to an aromatic ring is 1. The first-order valence-corrected chi connectivity index (χ1v) is 15.0. The molecule has 6 aromatic rings. The van der Waals surface area contributed by atoms with Crippen molar-refractivity contribution in [3.05, 3.63) is 81.8 Å². The Morgan fingerprint density at radius 1 is 1.09 bits per heavy atom. The standard InChI is InChI=1S/C32H26BrClFN5O3/c1-41-18-9-7-17(8-10-18)16-43-32-28(36)26(21-13-23(33)30-19(29(21)38-32)5-4-11-37-30)20-14-24(35)27(34)31-22(20)15-40(39-31)25-6-2-3-12-42-25/h4-5,7-11,13-15,25H,2-3,6,12,16,36H2,1H3. The van der Waals surface area contributed by atoms with E-state index in [9.17, 15) is 0 Å². The van der Waals surface area contributed by atoms with Crippen LogP contribution in [0.1, 0.15) is 31.1 Å². The van der Waals surface area contributed by atoms with Crippen LogP contribution in [0.4, 0.5) is 10.1 Å². The van der Waals surface area contributed by atoms with Crippen LogP contribution < -0.4 is 15.2 Å². The molecule has 1 aliphatic rings. The normalized spacial score (nSPS) is 15.4. The van der Waals surface area contributed by atoms with Gasteiger partial charge in [0.05, 0.1) is 18.1 Å². The quantitative estimate of drug-likeness (QED) is 0.180. The molecule has 8 nitrogen and oxygen atoms in total. The molecule has 0 aliphatic carbocycles. The number of ether oxygens (including phenoxy) is 3. The molecule has 3 aromatic carbocycles. The number of hydrogen-bond donors (Lipinski definition) is 1. The first-order valence-electron chi connectivity index (χ1n) is 13.8. The molecule has 2 N–H and O–H groups in total. The van der Waals surface area contributed by atoms with Crippen molar-refractivity contribution in [2.24, 2.45) is 0 Å². The summed E-state index contributed by atoms with van der Waals surface area (Å²) in [7, 11) is 1.62. The predicted molar refractivity (Wildman–Crippen MR) is 169 cm³/mol. The van der Waals surface area contributed by atoms with Crippen LogP contribution in [0.25, 0.3) is 43.8 Å². The fourth-order valence-electron chi connectivity index (χ4n) is 5.61. The zero-order valence-corrected chi connectivity index (χ0v) is 25.5. The smallest absolute Gasteiger partial charge is 0.238 e. The second-order valence-corrected chi connectivity index (χ2v) is 11.6. The third-order valence-corrected chi connectivity index (χ3v) is 8.73. The fourth-order valence-corrected chi connectivity index (χ4v) is 6.35. The van der Waals surface area contributed by atoms with Crippen molar-refractivity contribution in [2.45, 2.75) is 32.1 Å². The van der Waals surface area contributed by atoms with Crippen molar-refractivity contribution in [1.29, 1.82) is 0 Å². The number of nitrogens with zero attached hydrogens (tertiary/aromatic N) is 4. The Kier molecular flexibility index (Phi) is 7.28. The van der Waals surface area contributed by atoms with E-state index < -0.39 is 5.82 Å². The SMILES string of the molecule is COc1ccc(COc2nc3c(cc(Br)c4ncccc43)c(-c3cc(F)c(Cl)c4nn(C5CCCCO5)cc34)c2N)cc1. The minimum atomic E-state index is -0.606. The van der Waals surface area contributed by atoms with Crippen molar-refractivity contribution in [1.82, 2.24) is 19.7 Å². The Bertz CT molecular complexity index is 2010. The van der Waals surface area contributed by atoms with Gasteiger partial charge in [-0.25, -0.2) is 14.1 Å². The summed E-state index contributed by atoms with van der Waals surface area (Å²) in [5, 5.41) is 6.75. The summed E-state index contributed by atoms with van der Waals surface area (Å²) in [5.74, 6) is 0.356. The van der Waals surface area contributed by atoms with E-state index in [4.69, 9.17) is 36.5 Å². The van der Waals surface area contributed by atoms with E-state index in [1.54, 1.807) is 18.0 Å². The first-order chi connectivity index (χ1) is 20.9. The third-order valence-electron chi connectivity index (χ3n) is 7.76. The van der Waals surface area contributed by atoms with E-state index in [-0.39, 0.29) is 29.4 Å². The van der Waals surface area contributed by atoms with Gasteiger partial charge in [-0.3, -0.25) is 4.98 Å². The molecule has 0 radical (unpaired) electrons. The highest BCUT2D eigenvalue weighted by molar-refractivity contribution is 9.10. The number of aromatic nitrogens is 4. The number of anilines is 1. The summed E-state index contributed by atoms with van der Waals surface area (Å²) in [6.45, 7) is 0.849. The van der Waals surface area contributed by atoms with Crippen LogP contribution in [-0.2, 0) is 11.3 Å². The van der Waals surface area contributed by atoms with Gasteiger partial charge in [-0.2, -0.15) is 5.10 Å². The average molecular weight is 663 g/mol. The highest BCUT2D eigenvalue weighted by Crippen LogP contribution is 2.46. The van der Waals surface area contributed by atoms with Crippen molar-refractivity contribution in [3.8, 4) is 22.8 Å². The molecule has 43 heavy (non-hydrogen) atoms. The number of hydrogen-bond acceptors (Lipinski definition) is 7. The summed E-state index contributed by atoms with van der Waals surface area (Å²) < 4.78 is 35.5. The molecular weight excluding hydrogens is 637 g/mol. The van der Waals surface area contributed by atoms with Gasteiger partial charge in [0.2, 0.25) is 5.88 Å². The van der Waals surface area contributed by atoms with E-state index in [0.29, 0.717) is 39.5 Å². The van der Waals surface area contributed by atoms with Gasteiger partial charge in [0, 0.05) is 45.2 Å². The second-order valence-electron chi connectivity index (χ2n) is 10.4. The van der Waals surface area contributed by atoms with Crippen LogP contribution in [-0.4, -0.2) is 33.5 Å². The lowest BCUT2D eigenvalue weighted by molar-refractivity contribution is -0.0390. The van der Waals surface area contributed by atoms with Crippen molar-refractivity contribution < 1.29 is 18.6 Å². The van der Waals surface area contributed by atoms with Crippen LogP contribution in [0.2, 0.25) is 5.02 Å². The Morgan fingerprint density at radius 3 is 2.70 bits per heavy atom. The van der Waals surface area contributed by atoms with Crippen LogP contribution in [0, 0.1) is 5.82 Å². The number of halogens is 3. The second kappa shape index (κ2) is 11.3. The maximum atomic E-state index is 15.5. The maximum Gasteiger partial charge on any atom is 0.238 e. The average Bonchev–Trinajstić information content (AvgIpc) is 3.49. The predicted octanol–water partition coefficient (Wildman–Crippen LogP) is 8.22. The van der Waals surface area contributed by atoms with Crippen LogP contribution in [0.3, 0.4) is 0 Å². The van der Waals surface area contributed by atoms with E-state index in [0.717, 1.165) is 46.0 Å². The molecule has 0 saturated carbocycles. The van der Waals surface area contributed by atoms with Gasteiger partial charge >= 0.3 is 0 Å². The topological polar surface area (TPSA) is 97.3 Å². The number of methoxy groups -OCH3 is 1. The number of rotatable bonds is 6. The van der Waals surface area contributed by atoms with Gasteiger partial charge in [-0.1, -0.05) is 23.7 Å². The minimum Gasteiger partial charge on any atom is -0.497 e. The monoisotopic (exact) mass is 661 g/mol. The Balaban J connectivity index is 1.46. The van der Waals surface area contributed by atoms with Crippen LogP contribution in [0.5, 0.6) is 11.6 Å². The molecule has 1 saturated heterocycles. The number of benzene rings is 3. The number of nitrogens with two attached hydrogens (primary N) is 1. The lowest BCUT2D eigenvalue weighted by Gasteiger charge is -2.22. The van der Waals surface area contributed by atoms with Gasteiger partial charge in [-0.15, -0.1) is 0 Å². The van der Waals surface area contributed by atoms with Gasteiger partial charge in [0.1, 0.15) is 40.6 Å². The Morgan fingerprint density at radius 2 is 1.93 bits per heavy atom. The molecule has 218 valence electrons. The summed E-state index contributed by atoms with van der Waals surface area (Å²) in [6.07, 6.45) is 6.13. The van der Waals surface area contributed by atoms with Crippen molar-refractivity contribution in [2.75, 3.05) is 19.5 Å². The largest absolute Gasteiger partial charge is 0.497 e. The summed E-state index contributed by atoms with van der Waals surface area (Å²) in [4.78, 5) is 9.43. The number of fused-ring (bicyclic) bond motifs is 4. The van der Waals surface area contributed by atoms with Crippen LogP contribution >= 0.6 is 27.5 Å². The zero-order valence-electron chi connectivity index (χ0n) is 23.1. The fraction of sp³-hybridized carbons (Fsp3) is 0.219. The van der Waals surface area contributed by atoms with Gasteiger partial charge in [-0.05, 0) is 82.7 Å². The molecule has 1 fully saturated rings. The highest BCUT2D eigenvalue weighted by Gasteiger charge is 2.25. The van der Waals surface area contributed by atoms with Crippen molar-refractivity contribution >= 4 is 65.9 Å². The number of pyridine rings is 2. The lowest BCUT2D eigenvalue weighted by Crippen LogP contribution is -2.18. The molecule has 0 bridgehead atoms. The summed E-state index contributed by atoms with van der Waals surface area (Å²) in [6, 6.07) is 14.6. The molecule has 4 heterocycles. The molecule has 7 rings (SSSR count). The molecule has 0 spiro atoms. The van der Waals surface area contributed by atoms with E-state index in [1.165, 1.54) is 6.07 Å². The molecule has 1 aliphatic heterocycles. The summed E-state index contributed by atoms with van der Waals surface area (Å²) in [5.41, 5.74) is 10.8. The molecule has 11 heteroatoms. The molecule has 1 unspecified atom stereocenters. The van der Waals surface area contributed by atoms with E-state index in [2.05, 4.69) is 26.0 Å². The molecule has 0 amide bonds. The highest BCUT2D eigenvalue weighted by atomic mass is 79.9. The van der Waals surface area contributed by atoms with Gasteiger partial charge in [0.25, 0.3) is 0 Å². The molecule has 3 aromatic heterocycles. The third kappa shape index (κ3) is 4.93. The van der Waals surface area contributed by atoms with Gasteiger partial charge < -0.3 is 19.9 Å². The van der Waals surface area contributed by atoms with E-state index in [1.807, 2.05) is 48.7 Å². The maximum absolute atomic E-state index is 15.5. The first kappa shape index (κ1) is 27.8.